The van der Waals surface area contributed by atoms with E-state index in [-0.39, 0.29) is 23.7 Å². The zero-order valence-electron chi connectivity index (χ0n) is 11.8. The molecule has 2 aromatic rings. The standard InChI is InChI=1S/C15H17N3O2.ClH/c1-17-6-8-18(9-7-17)15(20)13-10-14(19)11-4-2-3-5-12(11)16-13;/h2-5,10H,6-9H2,1H3,(H,16,19);1H. The van der Waals surface area contributed by atoms with Crippen molar-refractivity contribution >= 4 is 29.2 Å². The summed E-state index contributed by atoms with van der Waals surface area (Å²) in [4.78, 5) is 31.5. The van der Waals surface area contributed by atoms with Gasteiger partial charge in [-0.15, -0.1) is 12.4 Å². The van der Waals surface area contributed by atoms with E-state index in [9.17, 15) is 9.59 Å². The lowest BCUT2D eigenvalue weighted by Gasteiger charge is -2.32. The van der Waals surface area contributed by atoms with Crippen molar-refractivity contribution in [3.05, 3.63) is 46.2 Å². The molecule has 0 bridgehead atoms. The number of pyridine rings is 1. The highest BCUT2D eigenvalue weighted by atomic mass is 35.5. The fourth-order valence-electron chi connectivity index (χ4n) is 2.49. The van der Waals surface area contributed by atoms with Gasteiger partial charge in [0.25, 0.3) is 5.91 Å². The van der Waals surface area contributed by atoms with Gasteiger partial charge in [0, 0.05) is 43.1 Å². The molecule has 1 saturated heterocycles. The van der Waals surface area contributed by atoms with Gasteiger partial charge in [0.05, 0.1) is 0 Å². The van der Waals surface area contributed by atoms with E-state index < -0.39 is 0 Å². The second-order valence-electron chi connectivity index (χ2n) is 5.19. The van der Waals surface area contributed by atoms with Crippen LogP contribution in [-0.2, 0) is 0 Å². The Morgan fingerprint density at radius 2 is 1.81 bits per heavy atom. The van der Waals surface area contributed by atoms with Crippen molar-refractivity contribution in [3.8, 4) is 0 Å². The zero-order chi connectivity index (χ0) is 14.1. The quantitative estimate of drug-likeness (QED) is 0.865. The van der Waals surface area contributed by atoms with Gasteiger partial charge in [0.15, 0.2) is 5.43 Å². The smallest absolute Gasteiger partial charge is 0.270 e. The summed E-state index contributed by atoms with van der Waals surface area (Å²) in [6.45, 7) is 3.13. The molecule has 1 aliphatic heterocycles. The van der Waals surface area contributed by atoms with Crippen molar-refractivity contribution in [2.45, 2.75) is 0 Å². The summed E-state index contributed by atoms with van der Waals surface area (Å²) in [5.41, 5.74) is 0.965. The number of fused-ring (bicyclic) bond motifs is 1. The first-order valence-corrected chi connectivity index (χ1v) is 6.75. The van der Waals surface area contributed by atoms with Crippen molar-refractivity contribution in [3.63, 3.8) is 0 Å². The molecule has 3 rings (SSSR count). The van der Waals surface area contributed by atoms with E-state index in [1.807, 2.05) is 25.2 Å². The highest BCUT2D eigenvalue weighted by Crippen LogP contribution is 2.10. The van der Waals surface area contributed by atoms with Gasteiger partial charge in [0.2, 0.25) is 0 Å². The Balaban J connectivity index is 0.00000161. The molecule has 1 amide bonds. The number of aromatic nitrogens is 1. The van der Waals surface area contributed by atoms with E-state index in [4.69, 9.17) is 0 Å². The SMILES string of the molecule is CN1CCN(C(=O)c2cc(=O)c3ccccc3[nH]2)CC1.Cl. The Morgan fingerprint density at radius 1 is 1.14 bits per heavy atom. The second kappa shape index (κ2) is 6.28. The van der Waals surface area contributed by atoms with E-state index in [0.717, 1.165) is 13.1 Å². The molecular formula is C15H18ClN3O2. The number of nitrogens with zero attached hydrogens (tertiary/aromatic N) is 2. The van der Waals surface area contributed by atoms with Crippen LogP contribution >= 0.6 is 12.4 Å². The first-order chi connectivity index (χ1) is 9.65. The zero-order valence-corrected chi connectivity index (χ0v) is 12.7. The largest absolute Gasteiger partial charge is 0.350 e. The van der Waals surface area contributed by atoms with Crippen LogP contribution in [0.15, 0.2) is 35.1 Å². The molecule has 6 heteroatoms. The number of carbonyl (C=O) groups excluding carboxylic acids is 1. The molecule has 1 N–H and O–H groups in total. The number of carbonyl (C=O) groups is 1. The molecule has 1 aliphatic rings. The molecule has 1 aromatic heterocycles. The molecule has 5 nitrogen and oxygen atoms in total. The monoisotopic (exact) mass is 307 g/mol. The summed E-state index contributed by atoms with van der Waals surface area (Å²) >= 11 is 0. The van der Waals surface area contributed by atoms with Gasteiger partial charge in [-0.25, -0.2) is 0 Å². The van der Waals surface area contributed by atoms with Crippen LogP contribution in [0.4, 0.5) is 0 Å². The minimum atomic E-state index is -0.114. The number of rotatable bonds is 1. The summed E-state index contributed by atoms with van der Waals surface area (Å²) in [6.07, 6.45) is 0. The minimum absolute atomic E-state index is 0. The number of H-pyrrole nitrogens is 1. The number of nitrogens with one attached hydrogen (secondary N) is 1. The molecule has 112 valence electrons. The minimum Gasteiger partial charge on any atom is -0.350 e. The fourth-order valence-corrected chi connectivity index (χ4v) is 2.49. The highest BCUT2D eigenvalue weighted by molar-refractivity contribution is 5.94. The topological polar surface area (TPSA) is 56.4 Å². The van der Waals surface area contributed by atoms with Crippen LogP contribution in [0, 0.1) is 0 Å². The summed E-state index contributed by atoms with van der Waals surface area (Å²) in [5.74, 6) is -0.0963. The first-order valence-electron chi connectivity index (χ1n) is 6.75. The van der Waals surface area contributed by atoms with Gasteiger partial charge in [-0.05, 0) is 19.2 Å². The highest BCUT2D eigenvalue weighted by Gasteiger charge is 2.21. The average molecular weight is 308 g/mol. The Hall–Kier alpha value is -1.85. The maximum Gasteiger partial charge on any atom is 0.270 e. The van der Waals surface area contributed by atoms with Crippen LogP contribution in [0.1, 0.15) is 10.5 Å². The summed E-state index contributed by atoms with van der Waals surface area (Å²) in [6, 6.07) is 8.65. The van der Waals surface area contributed by atoms with Gasteiger partial charge in [-0.1, -0.05) is 12.1 Å². The third-order valence-electron chi connectivity index (χ3n) is 3.76. The molecule has 21 heavy (non-hydrogen) atoms. The predicted octanol–water partition coefficient (Wildman–Crippen LogP) is 1.34. The van der Waals surface area contributed by atoms with Crippen LogP contribution in [0.2, 0.25) is 0 Å². The van der Waals surface area contributed by atoms with E-state index >= 15 is 0 Å². The van der Waals surface area contributed by atoms with E-state index in [1.165, 1.54) is 6.07 Å². The lowest BCUT2D eigenvalue weighted by atomic mass is 10.2. The first kappa shape index (κ1) is 15.5. The molecule has 0 atom stereocenters. The molecule has 1 aromatic carbocycles. The van der Waals surface area contributed by atoms with Crippen molar-refractivity contribution in [2.75, 3.05) is 33.2 Å². The molecular weight excluding hydrogens is 290 g/mol. The van der Waals surface area contributed by atoms with E-state index in [1.54, 1.807) is 11.0 Å². The summed E-state index contributed by atoms with van der Waals surface area (Å²) < 4.78 is 0. The van der Waals surface area contributed by atoms with Crippen molar-refractivity contribution in [1.29, 1.82) is 0 Å². The second-order valence-corrected chi connectivity index (χ2v) is 5.19. The average Bonchev–Trinajstić information content (AvgIpc) is 2.47. The van der Waals surface area contributed by atoms with E-state index in [2.05, 4.69) is 9.88 Å². The maximum atomic E-state index is 12.4. The Morgan fingerprint density at radius 3 is 2.52 bits per heavy atom. The number of aromatic amines is 1. The van der Waals surface area contributed by atoms with Crippen LogP contribution in [0.25, 0.3) is 10.9 Å². The lowest BCUT2D eigenvalue weighted by molar-refractivity contribution is 0.0658. The van der Waals surface area contributed by atoms with Crippen molar-refractivity contribution in [2.24, 2.45) is 0 Å². The molecule has 0 unspecified atom stereocenters. The van der Waals surface area contributed by atoms with Crippen molar-refractivity contribution < 1.29 is 4.79 Å². The third-order valence-corrected chi connectivity index (χ3v) is 3.76. The number of para-hydroxylation sites is 1. The molecule has 0 saturated carbocycles. The van der Waals surface area contributed by atoms with Gasteiger partial charge in [-0.2, -0.15) is 0 Å². The number of hydrogen-bond acceptors (Lipinski definition) is 3. The van der Waals surface area contributed by atoms with E-state index in [0.29, 0.717) is 29.7 Å². The van der Waals surface area contributed by atoms with Crippen LogP contribution < -0.4 is 5.43 Å². The number of piperazine rings is 1. The Labute approximate surface area is 129 Å². The number of likely N-dealkylation sites (N-methyl/N-ethyl adjacent to an activating group) is 1. The normalized spacial score (nSPS) is 15.8. The number of hydrogen-bond donors (Lipinski definition) is 1. The van der Waals surface area contributed by atoms with Crippen LogP contribution in [0.3, 0.4) is 0 Å². The van der Waals surface area contributed by atoms with Gasteiger partial charge in [-0.3, -0.25) is 9.59 Å². The molecule has 0 aliphatic carbocycles. The van der Waals surface area contributed by atoms with Gasteiger partial charge >= 0.3 is 0 Å². The number of amides is 1. The summed E-state index contributed by atoms with van der Waals surface area (Å²) in [5, 5.41) is 0.613. The predicted molar refractivity (Wildman–Crippen MR) is 85.2 cm³/mol. The molecule has 2 heterocycles. The number of benzene rings is 1. The van der Waals surface area contributed by atoms with Crippen LogP contribution in [-0.4, -0.2) is 53.9 Å². The van der Waals surface area contributed by atoms with Gasteiger partial charge in [0.1, 0.15) is 5.69 Å². The van der Waals surface area contributed by atoms with Crippen LogP contribution in [0.5, 0.6) is 0 Å². The lowest BCUT2D eigenvalue weighted by Crippen LogP contribution is -2.47. The molecule has 0 radical (unpaired) electrons. The van der Waals surface area contributed by atoms with Gasteiger partial charge < -0.3 is 14.8 Å². The molecule has 0 spiro atoms. The summed E-state index contributed by atoms with van der Waals surface area (Å²) in [7, 11) is 2.04. The maximum absolute atomic E-state index is 12.4. The van der Waals surface area contributed by atoms with Crippen molar-refractivity contribution in [1.82, 2.24) is 14.8 Å². The number of halogens is 1. The Kier molecular flexibility index (Phi) is 4.65. The Bertz CT molecular complexity index is 705. The fraction of sp³-hybridized carbons (Fsp3) is 0.333. The molecule has 1 fully saturated rings. The third kappa shape index (κ3) is 3.09.